The maximum absolute atomic E-state index is 10.1. The van der Waals surface area contributed by atoms with Gasteiger partial charge < -0.3 is 9.84 Å². The molecule has 0 aliphatic heterocycles. The quantitative estimate of drug-likeness (QED) is 0.0665. The third-order valence-corrected chi connectivity index (χ3v) is 8.29. The lowest BCUT2D eigenvalue weighted by Gasteiger charge is -2.12. The molecule has 0 aliphatic carbocycles. The number of unbranched alkanes of at least 4 members (excludes halogenated alkanes) is 26. The largest absolute Gasteiger partial charge is 0.368 e. The lowest BCUT2D eigenvalue weighted by molar-refractivity contribution is -0.105. The van der Waals surface area contributed by atoms with Gasteiger partial charge >= 0.3 is 0 Å². The minimum atomic E-state index is -0.535. The Labute approximate surface area is 241 Å². The van der Waals surface area contributed by atoms with Gasteiger partial charge in [0.15, 0.2) is 6.29 Å². The van der Waals surface area contributed by atoms with Crippen molar-refractivity contribution in [1.82, 2.24) is 0 Å². The Hall–Kier alpha value is -0.0800. The smallest absolute Gasteiger partial charge is 0.154 e. The Morgan fingerprint density at radius 1 is 0.395 bits per heavy atom. The molecule has 0 aromatic rings. The minimum Gasteiger partial charge on any atom is -0.368 e. The van der Waals surface area contributed by atoms with Crippen molar-refractivity contribution in [3.05, 3.63) is 0 Å². The molecule has 0 heterocycles. The molecule has 0 radical (unpaired) electrons. The monoisotopic (exact) mass is 539 g/mol. The molecule has 0 bridgehead atoms. The topological polar surface area (TPSA) is 29.5 Å². The summed E-state index contributed by atoms with van der Waals surface area (Å²) in [5.41, 5.74) is 0. The Kier molecular flexibility index (Phi) is 33.1. The van der Waals surface area contributed by atoms with E-state index in [9.17, 15) is 5.11 Å². The highest BCUT2D eigenvalue weighted by atomic mass is 16.6. The van der Waals surface area contributed by atoms with E-state index in [2.05, 4.69) is 20.8 Å². The molecule has 1 N–H and O–H groups in total. The van der Waals surface area contributed by atoms with Crippen molar-refractivity contribution in [2.75, 3.05) is 6.61 Å². The fourth-order valence-corrected chi connectivity index (χ4v) is 5.59. The average molecular weight is 539 g/mol. The number of aliphatic hydroxyl groups excluding tert-OH is 1. The van der Waals surface area contributed by atoms with E-state index in [-0.39, 0.29) is 0 Å². The van der Waals surface area contributed by atoms with Gasteiger partial charge in [0.05, 0.1) is 0 Å². The lowest BCUT2D eigenvalue weighted by atomic mass is 10.0. The molecule has 0 saturated heterocycles. The summed E-state index contributed by atoms with van der Waals surface area (Å²) in [4.78, 5) is 0. The van der Waals surface area contributed by atoms with Crippen molar-refractivity contribution in [2.45, 2.75) is 220 Å². The van der Waals surface area contributed by atoms with Crippen molar-refractivity contribution in [3.63, 3.8) is 0 Å². The van der Waals surface area contributed by atoms with Crippen LogP contribution in [-0.4, -0.2) is 18.0 Å². The summed E-state index contributed by atoms with van der Waals surface area (Å²) in [5, 5.41) is 10.1. The zero-order valence-corrected chi connectivity index (χ0v) is 26.9. The van der Waals surface area contributed by atoms with Gasteiger partial charge in [-0.05, 0) is 25.2 Å². The molecule has 1 atom stereocenters. The van der Waals surface area contributed by atoms with Crippen LogP contribution in [0.3, 0.4) is 0 Å². The molecule has 0 aromatic heterocycles. The van der Waals surface area contributed by atoms with Crippen LogP contribution in [0.4, 0.5) is 0 Å². The van der Waals surface area contributed by atoms with E-state index in [4.69, 9.17) is 4.74 Å². The van der Waals surface area contributed by atoms with Gasteiger partial charge in [-0.2, -0.15) is 0 Å². The predicted molar refractivity (Wildman–Crippen MR) is 171 cm³/mol. The van der Waals surface area contributed by atoms with Crippen LogP contribution in [0.1, 0.15) is 213 Å². The van der Waals surface area contributed by atoms with Gasteiger partial charge in [-0.1, -0.05) is 194 Å². The third kappa shape index (κ3) is 33.9. The fraction of sp³-hybridized carbons (Fsp3) is 1.00. The number of ether oxygens (including phenoxy) is 1. The molecule has 0 rings (SSSR count). The summed E-state index contributed by atoms with van der Waals surface area (Å²) in [5.74, 6) is 0.874. The van der Waals surface area contributed by atoms with Gasteiger partial charge in [-0.3, -0.25) is 0 Å². The zero-order valence-electron chi connectivity index (χ0n) is 26.9. The highest BCUT2D eigenvalue weighted by Crippen LogP contribution is 2.16. The zero-order chi connectivity index (χ0) is 27.8. The van der Waals surface area contributed by atoms with Crippen LogP contribution < -0.4 is 0 Å². The van der Waals surface area contributed by atoms with Crippen LogP contribution in [0.5, 0.6) is 0 Å². The van der Waals surface area contributed by atoms with Crippen LogP contribution in [-0.2, 0) is 4.74 Å². The second-order valence-electron chi connectivity index (χ2n) is 12.8. The van der Waals surface area contributed by atoms with E-state index in [0.717, 1.165) is 31.8 Å². The SMILES string of the molecule is CCCCCCCCCCCCCCCCCCOC(O)CCCCCCCCCCCCCCC(C)C. The maximum atomic E-state index is 10.1. The van der Waals surface area contributed by atoms with E-state index < -0.39 is 6.29 Å². The van der Waals surface area contributed by atoms with Gasteiger partial charge in [0, 0.05) is 6.61 Å². The van der Waals surface area contributed by atoms with Crippen LogP contribution >= 0.6 is 0 Å². The molecule has 0 fully saturated rings. The molecule has 0 amide bonds. The molecular weight excluding hydrogens is 464 g/mol. The van der Waals surface area contributed by atoms with Crippen molar-refractivity contribution in [3.8, 4) is 0 Å². The van der Waals surface area contributed by atoms with Gasteiger partial charge in [-0.25, -0.2) is 0 Å². The van der Waals surface area contributed by atoms with Gasteiger partial charge in [-0.15, -0.1) is 0 Å². The second kappa shape index (κ2) is 33.1. The number of hydrogen-bond donors (Lipinski definition) is 1. The van der Waals surface area contributed by atoms with Crippen molar-refractivity contribution in [2.24, 2.45) is 5.92 Å². The van der Waals surface area contributed by atoms with E-state index in [1.54, 1.807) is 0 Å². The first-order valence-corrected chi connectivity index (χ1v) is 18.0. The van der Waals surface area contributed by atoms with Crippen LogP contribution in [0.25, 0.3) is 0 Å². The normalized spacial score (nSPS) is 12.6. The molecular formula is C36H74O2. The Morgan fingerprint density at radius 3 is 1.03 bits per heavy atom. The Balaban J connectivity index is 3.14. The predicted octanol–water partition coefficient (Wildman–Crippen LogP) is 12.7. The van der Waals surface area contributed by atoms with Crippen molar-refractivity contribution >= 4 is 0 Å². The van der Waals surface area contributed by atoms with Crippen LogP contribution in [0.15, 0.2) is 0 Å². The summed E-state index contributed by atoms with van der Waals surface area (Å²) in [6.45, 7) is 7.69. The summed E-state index contributed by atoms with van der Waals surface area (Å²) < 4.78 is 5.64. The lowest BCUT2D eigenvalue weighted by Crippen LogP contribution is -2.12. The van der Waals surface area contributed by atoms with E-state index in [1.165, 1.54) is 173 Å². The highest BCUT2D eigenvalue weighted by Gasteiger charge is 2.04. The minimum absolute atomic E-state index is 0.535. The number of hydrogen-bond acceptors (Lipinski definition) is 2. The molecule has 0 aliphatic rings. The molecule has 38 heavy (non-hydrogen) atoms. The summed E-state index contributed by atoms with van der Waals surface area (Å²) >= 11 is 0. The standard InChI is InChI=1S/C36H74O2/c1-4-5-6-7-8-9-10-11-12-13-16-19-22-25-28-31-34-38-36(37)33-30-27-24-21-18-15-14-17-20-23-26-29-32-35(2)3/h35-37H,4-34H2,1-3H3. The van der Waals surface area contributed by atoms with Gasteiger partial charge in [0.2, 0.25) is 0 Å². The van der Waals surface area contributed by atoms with E-state index >= 15 is 0 Å². The van der Waals surface area contributed by atoms with Crippen molar-refractivity contribution in [1.29, 1.82) is 0 Å². The Bertz CT molecular complexity index is 408. The summed E-state index contributed by atoms with van der Waals surface area (Å²) in [6.07, 6.45) is 40.4. The average Bonchev–Trinajstić information content (AvgIpc) is 2.90. The van der Waals surface area contributed by atoms with Crippen LogP contribution in [0.2, 0.25) is 0 Å². The van der Waals surface area contributed by atoms with Gasteiger partial charge in [0.1, 0.15) is 0 Å². The molecule has 230 valence electrons. The molecule has 0 aromatic carbocycles. The molecule has 0 saturated carbocycles. The molecule has 2 heteroatoms. The summed E-state index contributed by atoms with van der Waals surface area (Å²) in [6, 6.07) is 0. The van der Waals surface area contributed by atoms with E-state index in [0.29, 0.717) is 0 Å². The summed E-state index contributed by atoms with van der Waals surface area (Å²) in [7, 11) is 0. The van der Waals surface area contributed by atoms with Crippen LogP contribution in [0, 0.1) is 5.92 Å². The first-order valence-electron chi connectivity index (χ1n) is 18.0. The Morgan fingerprint density at radius 2 is 0.684 bits per heavy atom. The number of aliphatic hydroxyl groups is 1. The van der Waals surface area contributed by atoms with Crippen molar-refractivity contribution < 1.29 is 9.84 Å². The first-order chi connectivity index (χ1) is 18.7. The second-order valence-corrected chi connectivity index (χ2v) is 12.8. The number of rotatable bonds is 33. The first kappa shape index (κ1) is 37.9. The van der Waals surface area contributed by atoms with E-state index in [1.807, 2.05) is 0 Å². The molecule has 1 unspecified atom stereocenters. The highest BCUT2D eigenvalue weighted by molar-refractivity contribution is 4.53. The fourth-order valence-electron chi connectivity index (χ4n) is 5.59. The maximum Gasteiger partial charge on any atom is 0.154 e. The molecule has 2 nitrogen and oxygen atoms in total. The van der Waals surface area contributed by atoms with Gasteiger partial charge in [0.25, 0.3) is 0 Å². The molecule has 0 spiro atoms. The third-order valence-electron chi connectivity index (χ3n) is 8.29.